The second-order valence-electron chi connectivity index (χ2n) is 10.8. The van der Waals surface area contributed by atoms with Gasteiger partial charge in [0, 0.05) is 11.6 Å². The minimum absolute atomic E-state index is 0.152. The van der Waals surface area contributed by atoms with Crippen molar-refractivity contribution >= 4 is 28.4 Å². The normalized spacial score (nSPS) is 27.3. The van der Waals surface area contributed by atoms with E-state index >= 15 is 0 Å². The predicted octanol–water partition coefficient (Wildman–Crippen LogP) is 5.36. The highest BCUT2D eigenvalue weighted by atomic mass is 35.5. The van der Waals surface area contributed by atoms with Gasteiger partial charge in [0.05, 0.1) is 22.9 Å². The zero-order valence-electron chi connectivity index (χ0n) is 19.3. The van der Waals surface area contributed by atoms with Crippen LogP contribution in [0.25, 0.3) is 10.9 Å². The van der Waals surface area contributed by atoms with Crippen molar-refractivity contribution in [2.24, 2.45) is 23.2 Å². The standard InChI is InChI=1S/C28H30ClN3O2/c29-22-7-5-18(6-8-22)9-10-32(17-25-30-24-4-2-1-3-23(24)26(33)31-25)27(34)28-14-19-11-20(15-28)13-21(12-19)16-28/h1-8,19-21H,9-17H2,(H,30,31,33). The third kappa shape index (κ3) is 4.04. The Labute approximate surface area is 204 Å². The summed E-state index contributed by atoms with van der Waals surface area (Å²) in [5.41, 5.74) is 1.43. The molecule has 34 heavy (non-hydrogen) atoms. The van der Waals surface area contributed by atoms with E-state index in [4.69, 9.17) is 16.6 Å². The molecule has 1 amide bonds. The molecule has 4 saturated carbocycles. The van der Waals surface area contributed by atoms with Crippen molar-refractivity contribution in [3.63, 3.8) is 0 Å². The fraction of sp³-hybridized carbons (Fsp3) is 0.464. The maximum absolute atomic E-state index is 14.2. The number of amides is 1. The number of nitrogens with one attached hydrogen (secondary N) is 1. The highest BCUT2D eigenvalue weighted by molar-refractivity contribution is 6.30. The molecule has 0 unspecified atom stereocenters. The Morgan fingerprint density at radius 2 is 1.65 bits per heavy atom. The maximum atomic E-state index is 14.2. The lowest BCUT2D eigenvalue weighted by atomic mass is 9.49. The molecule has 6 heteroatoms. The van der Waals surface area contributed by atoms with Crippen molar-refractivity contribution in [3.8, 4) is 0 Å². The van der Waals surface area contributed by atoms with Crippen LogP contribution in [0.5, 0.6) is 0 Å². The van der Waals surface area contributed by atoms with Crippen LogP contribution in [0.2, 0.25) is 5.02 Å². The average molecular weight is 476 g/mol. The van der Waals surface area contributed by atoms with E-state index in [0.29, 0.717) is 52.6 Å². The summed E-state index contributed by atoms with van der Waals surface area (Å²) in [6, 6.07) is 15.2. The van der Waals surface area contributed by atoms with Crippen molar-refractivity contribution in [1.82, 2.24) is 14.9 Å². The van der Waals surface area contributed by atoms with Crippen LogP contribution in [0.1, 0.15) is 49.9 Å². The lowest BCUT2D eigenvalue weighted by molar-refractivity contribution is -0.158. The van der Waals surface area contributed by atoms with Gasteiger partial charge in [0.1, 0.15) is 5.82 Å². The summed E-state index contributed by atoms with van der Waals surface area (Å²) in [5, 5.41) is 1.29. The molecule has 4 aliphatic carbocycles. The SMILES string of the molecule is O=C(N(CCc1ccc(Cl)cc1)Cc1nc2ccccc2c(=O)[nH]1)C12CC3CC(CC(C3)C1)C2. The summed E-state index contributed by atoms with van der Waals surface area (Å²) in [7, 11) is 0. The molecule has 7 rings (SSSR count). The van der Waals surface area contributed by atoms with Gasteiger partial charge >= 0.3 is 0 Å². The van der Waals surface area contributed by atoms with Gasteiger partial charge in [-0.05, 0) is 92.5 Å². The van der Waals surface area contributed by atoms with Crippen LogP contribution in [0.4, 0.5) is 0 Å². The first kappa shape index (κ1) is 21.8. The molecule has 1 N–H and O–H groups in total. The Morgan fingerprint density at radius 3 is 2.32 bits per heavy atom. The molecule has 4 bridgehead atoms. The second-order valence-corrected chi connectivity index (χ2v) is 11.3. The van der Waals surface area contributed by atoms with Gasteiger partial charge in [0.25, 0.3) is 5.56 Å². The Balaban J connectivity index is 1.30. The Hall–Kier alpha value is -2.66. The van der Waals surface area contributed by atoms with Gasteiger partial charge in [-0.15, -0.1) is 0 Å². The van der Waals surface area contributed by atoms with Crippen LogP contribution in [0.15, 0.2) is 53.3 Å². The highest BCUT2D eigenvalue weighted by Gasteiger charge is 2.55. The number of carbonyl (C=O) groups excluding carboxylic acids is 1. The molecule has 3 aromatic rings. The fourth-order valence-corrected chi connectivity index (χ4v) is 7.39. The van der Waals surface area contributed by atoms with Crippen molar-refractivity contribution in [3.05, 3.63) is 75.3 Å². The van der Waals surface area contributed by atoms with Gasteiger partial charge in [-0.2, -0.15) is 0 Å². The first-order valence-corrected chi connectivity index (χ1v) is 12.9. The number of halogens is 1. The average Bonchev–Trinajstić information content (AvgIpc) is 2.81. The van der Waals surface area contributed by atoms with Crippen molar-refractivity contribution in [2.45, 2.75) is 51.5 Å². The Bertz CT molecular complexity index is 1250. The lowest BCUT2D eigenvalue weighted by Crippen LogP contribution is -2.54. The zero-order valence-corrected chi connectivity index (χ0v) is 20.1. The number of benzene rings is 2. The topological polar surface area (TPSA) is 66.1 Å². The number of rotatable bonds is 6. The van der Waals surface area contributed by atoms with E-state index in [2.05, 4.69) is 4.98 Å². The van der Waals surface area contributed by atoms with Crippen LogP contribution in [-0.2, 0) is 17.8 Å². The number of aromatic nitrogens is 2. The van der Waals surface area contributed by atoms with Gasteiger partial charge < -0.3 is 9.88 Å². The third-order valence-electron chi connectivity index (χ3n) is 8.37. The van der Waals surface area contributed by atoms with Crippen LogP contribution in [-0.4, -0.2) is 27.3 Å². The van der Waals surface area contributed by atoms with Gasteiger partial charge in [0.15, 0.2) is 0 Å². The monoisotopic (exact) mass is 475 g/mol. The summed E-state index contributed by atoms with van der Waals surface area (Å²) in [5.74, 6) is 2.92. The summed E-state index contributed by atoms with van der Waals surface area (Å²) in [6.07, 6.45) is 7.72. The Kier molecular flexibility index (Phi) is 5.48. The first-order valence-electron chi connectivity index (χ1n) is 12.5. The quantitative estimate of drug-likeness (QED) is 0.521. The van der Waals surface area contributed by atoms with E-state index in [1.165, 1.54) is 19.3 Å². The fourth-order valence-electron chi connectivity index (χ4n) is 7.27. The van der Waals surface area contributed by atoms with Crippen molar-refractivity contribution in [1.29, 1.82) is 0 Å². The van der Waals surface area contributed by atoms with E-state index in [-0.39, 0.29) is 16.9 Å². The van der Waals surface area contributed by atoms with E-state index in [0.717, 1.165) is 31.2 Å². The van der Waals surface area contributed by atoms with Gasteiger partial charge in [-0.25, -0.2) is 4.98 Å². The molecular weight excluding hydrogens is 446 g/mol. The number of hydrogen-bond donors (Lipinski definition) is 1. The summed E-state index contributed by atoms with van der Waals surface area (Å²) in [4.78, 5) is 36.5. The van der Waals surface area contributed by atoms with Gasteiger partial charge in [-0.1, -0.05) is 35.9 Å². The molecule has 0 saturated heterocycles. The second kappa shape index (κ2) is 8.53. The smallest absolute Gasteiger partial charge is 0.258 e. The molecule has 1 aromatic heterocycles. The summed E-state index contributed by atoms with van der Waals surface area (Å²) in [6.45, 7) is 0.924. The minimum atomic E-state index is -0.230. The van der Waals surface area contributed by atoms with Crippen LogP contribution in [0.3, 0.4) is 0 Å². The lowest BCUT2D eigenvalue weighted by Gasteiger charge is -2.56. The molecule has 5 nitrogen and oxygen atoms in total. The number of fused-ring (bicyclic) bond motifs is 1. The van der Waals surface area contributed by atoms with Crippen LogP contribution < -0.4 is 5.56 Å². The number of H-pyrrole nitrogens is 1. The van der Waals surface area contributed by atoms with Crippen LogP contribution in [0, 0.1) is 23.2 Å². The molecule has 4 fully saturated rings. The van der Waals surface area contributed by atoms with Gasteiger partial charge in [-0.3, -0.25) is 9.59 Å². The minimum Gasteiger partial charge on any atom is -0.334 e. The number of nitrogens with zero attached hydrogens (tertiary/aromatic N) is 2. The van der Waals surface area contributed by atoms with Crippen molar-refractivity contribution in [2.75, 3.05) is 6.54 Å². The van der Waals surface area contributed by atoms with Crippen LogP contribution >= 0.6 is 11.6 Å². The predicted molar refractivity (Wildman–Crippen MR) is 134 cm³/mol. The van der Waals surface area contributed by atoms with Gasteiger partial charge in [0.2, 0.25) is 5.91 Å². The number of aromatic amines is 1. The number of carbonyl (C=O) groups is 1. The summed E-state index contributed by atoms with van der Waals surface area (Å²) >= 11 is 6.06. The molecule has 0 spiro atoms. The molecule has 4 aliphatic rings. The highest BCUT2D eigenvalue weighted by Crippen LogP contribution is 2.60. The van der Waals surface area contributed by atoms with E-state index < -0.39 is 0 Å². The first-order chi connectivity index (χ1) is 16.5. The summed E-state index contributed by atoms with van der Waals surface area (Å²) < 4.78 is 0. The van der Waals surface area contributed by atoms with E-state index in [1.54, 1.807) is 6.07 Å². The Morgan fingerprint density at radius 1 is 1.00 bits per heavy atom. The number of hydrogen-bond acceptors (Lipinski definition) is 3. The number of para-hydroxylation sites is 1. The largest absolute Gasteiger partial charge is 0.334 e. The molecule has 0 radical (unpaired) electrons. The van der Waals surface area contributed by atoms with E-state index in [9.17, 15) is 9.59 Å². The third-order valence-corrected chi connectivity index (χ3v) is 8.62. The molecular formula is C28H30ClN3O2. The van der Waals surface area contributed by atoms with E-state index in [1.807, 2.05) is 47.4 Å². The molecule has 0 aliphatic heterocycles. The molecule has 1 heterocycles. The molecule has 0 atom stereocenters. The molecule has 176 valence electrons. The molecule has 2 aromatic carbocycles. The van der Waals surface area contributed by atoms with Crippen molar-refractivity contribution < 1.29 is 4.79 Å². The zero-order chi connectivity index (χ0) is 23.3. The maximum Gasteiger partial charge on any atom is 0.258 e.